The molecule has 0 bridgehead atoms. The maximum absolute atomic E-state index is 4.29. The number of pyridine rings is 1. The van der Waals surface area contributed by atoms with Crippen molar-refractivity contribution in [3.05, 3.63) is 35.5 Å². The Kier molecular flexibility index (Phi) is 3.65. The molecule has 1 aliphatic heterocycles. The van der Waals surface area contributed by atoms with E-state index in [0.29, 0.717) is 0 Å². The number of allylic oxidation sites excluding steroid dienone is 1. The first-order chi connectivity index (χ1) is 6.95. The summed E-state index contributed by atoms with van der Waals surface area (Å²) in [6, 6.07) is 5.92. The Morgan fingerprint density at radius 2 is 2.14 bits per heavy atom. The fourth-order valence-electron chi connectivity index (χ4n) is 1.03. The molecule has 0 saturated heterocycles. The van der Waals surface area contributed by atoms with E-state index in [-0.39, 0.29) is 0 Å². The van der Waals surface area contributed by atoms with Gasteiger partial charge in [-0.05, 0) is 46.6 Å². The Balaban J connectivity index is 1.88. The van der Waals surface area contributed by atoms with Crippen molar-refractivity contribution in [2.75, 3.05) is 0 Å². The number of aromatic nitrogens is 1. The minimum Gasteiger partial charge on any atom is -0.254 e. The molecule has 0 saturated carbocycles. The normalized spacial score (nSPS) is 15.3. The quantitative estimate of drug-likeness (QED) is 0.731. The van der Waals surface area contributed by atoms with Crippen molar-refractivity contribution in [2.45, 2.75) is 17.9 Å². The van der Waals surface area contributed by atoms with Gasteiger partial charge in [-0.1, -0.05) is 12.1 Å². The smallest absolute Gasteiger partial charge is 0.107 e. The van der Waals surface area contributed by atoms with Gasteiger partial charge in [-0.25, -0.2) is 4.98 Å². The summed E-state index contributed by atoms with van der Waals surface area (Å²) < 4.78 is 0. The molecule has 0 amide bonds. The molecular weight excluding hydrogens is 212 g/mol. The molecule has 0 aliphatic carbocycles. The van der Waals surface area contributed by atoms with Gasteiger partial charge in [0.25, 0.3) is 0 Å². The molecule has 0 atom stereocenters. The van der Waals surface area contributed by atoms with Gasteiger partial charge in [0, 0.05) is 12.4 Å². The molecule has 0 aromatic carbocycles. The highest BCUT2D eigenvalue weighted by atomic mass is 33.1. The van der Waals surface area contributed by atoms with Gasteiger partial charge in [0.05, 0.1) is 0 Å². The van der Waals surface area contributed by atoms with Crippen molar-refractivity contribution in [3.63, 3.8) is 0 Å². The molecular formula is C10H10N2S2. The minimum atomic E-state index is 1.03. The average molecular weight is 222 g/mol. The summed E-state index contributed by atoms with van der Waals surface area (Å²) in [7, 11) is 3.32. The zero-order valence-electron chi connectivity index (χ0n) is 7.59. The third-order valence-electron chi connectivity index (χ3n) is 1.68. The average Bonchev–Trinajstić information content (AvgIpc) is 2.29. The lowest BCUT2D eigenvalue weighted by molar-refractivity contribution is 1.08. The standard InChI is InChI=1S/C10H10N2S2/c1-3-7-11-9(5-1)13-14-10-6-2-4-8-12-10/h1,3,5-8H,2,4H2. The molecule has 2 heterocycles. The number of hydrogen-bond acceptors (Lipinski definition) is 4. The third kappa shape index (κ3) is 2.89. The van der Waals surface area contributed by atoms with E-state index in [9.17, 15) is 0 Å². The van der Waals surface area contributed by atoms with Crippen LogP contribution in [0.25, 0.3) is 0 Å². The lowest BCUT2D eigenvalue weighted by Gasteiger charge is -2.03. The molecule has 1 aromatic rings. The van der Waals surface area contributed by atoms with Crippen molar-refractivity contribution < 1.29 is 0 Å². The van der Waals surface area contributed by atoms with Crippen molar-refractivity contribution >= 4 is 27.8 Å². The molecule has 0 radical (unpaired) electrons. The van der Waals surface area contributed by atoms with E-state index in [2.05, 4.69) is 16.1 Å². The molecule has 72 valence electrons. The van der Waals surface area contributed by atoms with Crippen LogP contribution in [0.2, 0.25) is 0 Å². The van der Waals surface area contributed by atoms with E-state index in [1.54, 1.807) is 27.8 Å². The topological polar surface area (TPSA) is 25.2 Å². The first-order valence-electron chi connectivity index (χ1n) is 4.43. The van der Waals surface area contributed by atoms with Crippen LogP contribution in [-0.4, -0.2) is 11.2 Å². The van der Waals surface area contributed by atoms with Crippen LogP contribution in [0.3, 0.4) is 0 Å². The van der Waals surface area contributed by atoms with Crippen molar-refractivity contribution in [2.24, 2.45) is 4.99 Å². The van der Waals surface area contributed by atoms with Gasteiger partial charge in [0.1, 0.15) is 10.1 Å². The van der Waals surface area contributed by atoms with Crippen LogP contribution in [0.4, 0.5) is 0 Å². The van der Waals surface area contributed by atoms with Gasteiger partial charge < -0.3 is 0 Å². The van der Waals surface area contributed by atoms with Crippen LogP contribution < -0.4 is 0 Å². The summed E-state index contributed by atoms with van der Waals surface area (Å²) in [5.41, 5.74) is 0. The fraction of sp³-hybridized carbons (Fsp3) is 0.200. The van der Waals surface area contributed by atoms with Gasteiger partial charge in [0.15, 0.2) is 0 Å². The van der Waals surface area contributed by atoms with E-state index in [4.69, 9.17) is 0 Å². The summed E-state index contributed by atoms with van der Waals surface area (Å²) >= 11 is 0. The Morgan fingerprint density at radius 1 is 1.14 bits per heavy atom. The molecule has 14 heavy (non-hydrogen) atoms. The lowest BCUT2D eigenvalue weighted by Crippen LogP contribution is -1.83. The Hall–Kier alpha value is -0.740. The summed E-state index contributed by atoms with van der Waals surface area (Å²) in [5, 5.41) is 2.12. The Labute approximate surface area is 91.3 Å². The second-order valence-corrected chi connectivity index (χ2v) is 4.94. The molecule has 1 aromatic heterocycles. The van der Waals surface area contributed by atoms with Gasteiger partial charge in [0.2, 0.25) is 0 Å². The summed E-state index contributed by atoms with van der Waals surface area (Å²) in [4.78, 5) is 8.52. The highest BCUT2D eigenvalue weighted by Gasteiger charge is 2.01. The Morgan fingerprint density at radius 3 is 2.86 bits per heavy atom. The van der Waals surface area contributed by atoms with Crippen LogP contribution in [0.15, 0.2) is 45.5 Å². The van der Waals surface area contributed by atoms with Crippen LogP contribution in [0, 0.1) is 0 Å². The highest BCUT2D eigenvalue weighted by Crippen LogP contribution is 2.36. The van der Waals surface area contributed by atoms with Gasteiger partial charge in [-0.3, -0.25) is 4.99 Å². The molecule has 0 fully saturated rings. The van der Waals surface area contributed by atoms with E-state index in [1.807, 2.05) is 24.4 Å². The predicted molar refractivity (Wildman–Crippen MR) is 63.5 cm³/mol. The molecule has 0 N–H and O–H groups in total. The van der Waals surface area contributed by atoms with Crippen molar-refractivity contribution in [3.8, 4) is 0 Å². The molecule has 0 unspecified atom stereocenters. The summed E-state index contributed by atoms with van der Waals surface area (Å²) in [6.07, 6.45) is 8.12. The van der Waals surface area contributed by atoms with Crippen LogP contribution in [-0.2, 0) is 0 Å². The van der Waals surface area contributed by atoms with E-state index < -0.39 is 0 Å². The predicted octanol–water partition coefficient (Wildman–Crippen LogP) is 3.53. The maximum atomic E-state index is 4.29. The molecule has 2 rings (SSSR count). The SMILES string of the molecule is C1=NC(SSc2ccccn2)=CCC1. The maximum Gasteiger partial charge on any atom is 0.107 e. The molecule has 1 aliphatic rings. The van der Waals surface area contributed by atoms with Gasteiger partial charge >= 0.3 is 0 Å². The van der Waals surface area contributed by atoms with Crippen molar-refractivity contribution in [1.29, 1.82) is 0 Å². The summed E-state index contributed by atoms with van der Waals surface area (Å²) in [5.74, 6) is 0. The van der Waals surface area contributed by atoms with Gasteiger partial charge in [-0.15, -0.1) is 0 Å². The van der Waals surface area contributed by atoms with Gasteiger partial charge in [-0.2, -0.15) is 0 Å². The number of rotatable bonds is 3. The fourth-order valence-corrected chi connectivity index (χ4v) is 2.88. The molecule has 0 spiro atoms. The number of aliphatic imine (C=N–C) groups is 1. The lowest BCUT2D eigenvalue weighted by atomic mass is 10.3. The second-order valence-electron chi connectivity index (χ2n) is 2.77. The second kappa shape index (κ2) is 5.22. The van der Waals surface area contributed by atoms with E-state index in [1.165, 1.54) is 0 Å². The Bertz CT molecular complexity index is 346. The number of hydrogen-bond donors (Lipinski definition) is 0. The summed E-state index contributed by atoms with van der Waals surface area (Å²) in [6.45, 7) is 0. The van der Waals surface area contributed by atoms with Crippen LogP contribution >= 0.6 is 21.6 Å². The minimum absolute atomic E-state index is 1.03. The highest BCUT2D eigenvalue weighted by molar-refractivity contribution is 8.78. The van der Waals surface area contributed by atoms with E-state index in [0.717, 1.165) is 22.9 Å². The first-order valence-corrected chi connectivity index (χ1v) is 6.58. The van der Waals surface area contributed by atoms with E-state index >= 15 is 0 Å². The molecule has 2 nitrogen and oxygen atoms in total. The first kappa shape index (κ1) is 9.80. The zero-order valence-corrected chi connectivity index (χ0v) is 9.22. The van der Waals surface area contributed by atoms with Crippen LogP contribution in [0.5, 0.6) is 0 Å². The number of nitrogens with zero attached hydrogens (tertiary/aromatic N) is 2. The molecule has 4 heteroatoms. The third-order valence-corrected chi connectivity index (χ3v) is 3.90. The zero-order chi connectivity index (χ0) is 9.64. The van der Waals surface area contributed by atoms with Crippen molar-refractivity contribution in [1.82, 2.24) is 4.98 Å². The monoisotopic (exact) mass is 222 g/mol. The largest absolute Gasteiger partial charge is 0.254 e. The van der Waals surface area contributed by atoms with Crippen LogP contribution in [0.1, 0.15) is 12.8 Å².